The van der Waals surface area contributed by atoms with Crippen molar-refractivity contribution in [2.75, 3.05) is 22.6 Å². The molecule has 0 bridgehead atoms. The fraction of sp³-hybridized carbons (Fsp3) is 0.714. The lowest BCUT2D eigenvalue weighted by Gasteiger charge is -2.09. The first-order valence-electron chi connectivity index (χ1n) is 4.15. The van der Waals surface area contributed by atoms with Gasteiger partial charge in [0.15, 0.2) is 0 Å². The van der Waals surface area contributed by atoms with Crippen LogP contribution in [-0.4, -0.2) is 27.7 Å². The second kappa shape index (κ2) is 4.96. The number of hydrogen-bond acceptors (Lipinski definition) is 6. The van der Waals surface area contributed by atoms with E-state index in [1.807, 2.05) is 11.8 Å². The molecule has 0 aliphatic carbocycles. The maximum Gasteiger partial charge on any atom is 0.317 e. The van der Waals surface area contributed by atoms with E-state index in [0.717, 1.165) is 11.5 Å². The third-order valence-electron chi connectivity index (χ3n) is 1.38. The maximum atomic E-state index is 5.27. The first-order chi connectivity index (χ1) is 6.22. The van der Waals surface area contributed by atoms with E-state index < -0.39 is 0 Å². The molecule has 0 spiro atoms. The highest BCUT2D eigenvalue weighted by molar-refractivity contribution is 7.99. The molecule has 5 nitrogen and oxygen atoms in total. The van der Waals surface area contributed by atoms with Gasteiger partial charge in [0.2, 0.25) is 0 Å². The van der Waals surface area contributed by atoms with Crippen molar-refractivity contribution >= 4 is 23.8 Å². The SMILES string of the molecule is CCSCC(C)Nc1nnc(N)o1. The Balaban J connectivity index is 2.31. The van der Waals surface area contributed by atoms with E-state index in [9.17, 15) is 0 Å². The zero-order chi connectivity index (χ0) is 9.68. The van der Waals surface area contributed by atoms with E-state index in [2.05, 4.69) is 29.4 Å². The zero-order valence-corrected chi connectivity index (χ0v) is 8.60. The van der Waals surface area contributed by atoms with E-state index in [-0.39, 0.29) is 6.01 Å². The van der Waals surface area contributed by atoms with Gasteiger partial charge in [0.25, 0.3) is 0 Å². The lowest BCUT2D eigenvalue weighted by Crippen LogP contribution is -2.18. The van der Waals surface area contributed by atoms with Crippen LogP contribution in [0.5, 0.6) is 0 Å². The summed E-state index contributed by atoms with van der Waals surface area (Å²) >= 11 is 1.86. The van der Waals surface area contributed by atoms with Crippen molar-refractivity contribution in [1.82, 2.24) is 10.2 Å². The molecule has 0 aliphatic rings. The summed E-state index contributed by atoms with van der Waals surface area (Å²) in [5, 5.41) is 10.3. The van der Waals surface area contributed by atoms with Crippen molar-refractivity contribution in [2.24, 2.45) is 0 Å². The molecule has 1 atom stereocenters. The molecule has 0 saturated carbocycles. The molecule has 13 heavy (non-hydrogen) atoms. The number of rotatable bonds is 5. The summed E-state index contributed by atoms with van der Waals surface area (Å²) < 4.78 is 4.97. The maximum absolute atomic E-state index is 5.27. The Bertz CT molecular complexity index is 252. The summed E-state index contributed by atoms with van der Waals surface area (Å²) in [5.74, 6) is 2.12. The molecule has 6 heteroatoms. The summed E-state index contributed by atoms with van der Waals surface area (Å²) in [5.41, 5.74) is 5.27. The fourth-order valence-electron chi connectivity index (χ4n) is 0.840. The highest BCUT2D eigenvalue weighted by Gasteiger charge is 2.06. The standard InChI is InChI=1S/C7H14N4OS/c1-3-13-4-5(2)9-7-11-10-6(8)12-7/h5H,3-4H2,1-2H3,(H2,8,10)(H,9,11). The Kier molecular flexibility index (Phi) is 3.88. The van der Waals surface area contributed by atoms with Crippen LogP contribution in [0.15, 0.2) is 4.42 Å². The first kappa shape index (κ1) is 10.2. The molecular formula is C7H14N4OS. The average molecular weight is 202 g/mol. The van der Waals surface area contributed by atoms with Crippen LogP contribution in [0.3, 0.4) is 0 Å². The van der Waals surface area contributed by atoms with Crippen LogP contribution in [0, 0.1) is 0 Å². The van der Waals surface area contributed by atoms with Crippen LogP contribution in [0.1, 0.15) is 13.8 Å². The predicted octanol–water partition coefficient (Wildman–Crippen LogP) is 1.21. The quantitative estimate of drug-likeness (QED) is 0.747. The summed E-state index contributed by atoms with van der Waals surface area (Å²) in [6, 6.07) is 0.796. The molecule has 0 saturated heterocycles. The molecule has 0 radical (unpaired) electrons. The second-order valence-electron chi connectivity index (χ2n) is 2.65. The van der Waals surface area contributed by atoms with Crippen LogP contribution in [0.25, 0.3) is 0 Å². The van der Waals surface area contributed by atoms with E-state index in [0.29, 0.717) is 12.1 Å². The minimum Gasteiger partial charge on any atom is -0.390 e. The topological polar surface area (TPSA) is 77.0 Å². The molecule has 1 aromatic heterocycles. The molecule has 1 rings (SSSR count). The smallest absolute Gasteiger partial charge is 0.317 e. The second-order valence-corrected chi connectivity index (χ2v) is 3.97. The number of nitrogens with one attached hydrogen (secondary N) is 1. The molecule has 74 valence electrons. The van der Waals surface area contributed by atoms with Crippen LogP contribution in [0.2, 0.25) is 0 Å². The number of nitrogen functional groups attached to an aromatic ring is 1. The van der Waals surface area contributed by atoms with Crippen molar-refractivity contribution in [2.45, 2.75) is 19.9 Å². The van der Waals surface area contributed by atoms with Gasteiger partial charge < -0.3 is 15.5 Å². The van der Waals surface area contributed by atoms with Gasteiger partial charge in [-0.2, -0.15) is 11.8 Å². The van der Waals surface area contributed by atoms with Gasteiger partial charge in [-0.1, -0.05) is 17.1 Å². The molecule has 0 aliphatic heterocycles. The largest absolute Gasteiger partial charge is 0.390 e. The zero-order valence-electron chi connectivity index (χ0n) is 7.78. The summed E-state index contributed by atoms with van der Waals surface area (Å²) in [4.78, 5) is 0. The van der Waals surface area contributed by atoms with Crippen LogP contribution >= 0.6 is 11.8 Å². The number of nitrogens with zero attached hydrogens (tertiary/aromatic N) is 2. The van der Waals surface area contributed by atoms with Gasteiger partial charge in [-0.05, 0) is 12.7 Å². The summed E-state index contributed by atoms with van der Waals surface area (Å²) in [7, 11) is 0. The van der Waals surface area contributed by atoms with Crippen LogP contribution < -0.4 is 11.1 Å². The molecule has 1 unspecified atom stereocenters. The van der Waals surface area contributed by atoms with Gasteiger partial charge >= 0.3 is 12.0 Å². The number of anilines is 2. The number of aromatic nitrogens is 2. The van der Waals surface area contributed by atoms with Crippen molar-refractivity contribution in [1.29, 1.82) is 0 Å². The molecule has 0 amide bonds. The molecule has 1 aromatic rings. The molecule has 3 N–H and O–H groups in total. The minimum atomic E-state index is 0.0952. The molecule has 0 aromatic carbocycles. The lowest BCUT2D eigenvalue weighted by molar-refractivity contribution is 0.580. The van der Waals surface area contributed by atoms with E-state index >= 15 is 0 Å². The van der Waals surface area contributed by atoms with Crippen molar-refractivity contribution in [3.05, 3.63) is 0 Å². The van der Waals surface area contributed by atoms with Crippen molar-refractivity contribution < 1.29 is 4.42 Å². The van der Waals surface area contributed by atoms with E-state index in [4.69, 9.17) is 10.2 Å². The van der Waals surface area contributed by atoms with Crippen LogP contribution in [-0.2, 0) is 0 Å². The summed E-state index contributed by atoms with van der Waals surface area (Å²) in [6.45, 7) is 4.19. The fourth-order valence-corrected chi connectivity index (χ4v) is 1.51. The van der Waals surface area contributed by atoms with Gasteiger partial charge in [0, 0.05) is 11.8 Å². The highest BCUT2D eigenvalue weighted by atomic mass is 32.2. The highest BCUT2D eigenvalue weighted by Crippen LogP contribution is 2.10. The van der Waals surface area contributed by atoms with Gasteiger partial charge in [-0.25, -0.2) is 0 Å². The van der Waals surface area contributed by atoms with Crippen molar-refractivity contribution in [3.63, 3.8) is 0 Å². The lowest BCUT2D eigenvalue weighted by atomic mass is 10.4. The van der Waals surface area contributed by atoms with Gasteiger partial charge in [0.05, 0.1) is 0 Å². The normalized spacial score (nSPS) is 12.8. The van der Waals surface area contributed by atoms with Crippen LogP contribution in [0.4, 0.5) is 12.0 Å². The molecule has 0 fully saturated rings. The Hall–Kier alpha value is -0.910. The van der Waals surface area contributed by atoms with Crippen molar-refractivity contribution in [3.8, 4) is 0 Å². The van der Waals surface area contributed by atoms with Gasteiger partial charge in [-0.3, -0.25) is 0 Å². The van der Waals surface area contributed by atoms with E-state index in [1.165, 1.54) is 0 Å². The Morgan fingerprint density at radius 2 is 2.38 bits per heavy atom. The van der Waals surface area contributed by atoms with Gasteiger partial charge in [-0.15, -0.1) is 0 Å². The number of hydrogen-bond donors (Lipinski definition) is 2. The van der Waals surface area contributed by atoms with E-state index in [1.54, 1.807) is 0 Å². The Morgan fingerprint density at radius 3 is 2.92 bits per heavy atom. The Labute approximate surface area is 81.5 Å². The average Bonchev–Trinajstić information content (AvgIpc) is 2.48. The minimum absolute atomic E-state index is 0.0952. The molecule has 1 heterocycles. The number of nitrogens with two attached hydrogens (primary N) is 1. The summed E-state index contributed by atoms with van der Waals surface area (Å²) in [6.07, 6.45) is 0. The first-order valence-corrected chi connectivity index (χ1v) is 5.31. The third kappa shape index (κ3) is 3.54. The third-order valence-corrected chi connectivity index (χ3v) is 2.53. The predicted molar refractivity (Wildman–Crippen MR) is 54.8 cm³/mol. The number of thioether (sulfide) groups is 1. The van der Waals surface area contributed by atoms with Gasteiger partial charge in [0.1, 0.15) is 0 Å². The molecular weight excluding hydrogens is 188 g/mol. The monoisotopic (exact) mass is 202 g/mol. The Morgan fingerprint density at radius 1 is 1.62 bits per heavy atom.